The lowest BCUT2D eigenvalue weighted by molar-refractivity contribution is 0.0944. The average molecular weight is 348 g/mol. The quantitative estimate of drug-likeness (QED) is 0.731. The van der Waals surface area contributed by atoms with Crippen molar-refractivity contribution >= 4 is 17.5 Å². The Morgan fingerprint density at radius 2 is 1.92 bits per heavy atom. The highest BCUT2D eigenvalue weighted by atomic mass is 35.5. The first-order chi connectivity index (χ1) is 11.6. The van der Waals surface area contributed by atoms with Gasteiger partial charge in [-0.1, -0.05) is 37.1 Å². The third-order valence-corrected chi connectivity index (χ3v) is 3.76. The SMILES string of the molecule is CCCc1ccc(OCCNC(=O)c2cc(Cl)ccc2OC)cc1. The van der Waals surface area contributed by atoms with Crippen molar-refractivity contribution in [2.24, 2.45) is 0 Å². The van der Waals surface area contributed by atoms with E-state index in [2.05, 4.69) is 24.4 Å². The molecule has 1 N–H and O–H groups in total. The number of amides is 1. The molecule has 0 aromatic heterocycles. The van der Waals surface area contributed by atoms with Gasteiger partial charge in [-0.3, -0.25) is 4.79 Å². The Balaban J connectivity index is 1.81. The Hall–Kier alpha value is -2.20. The molecule has 2 rings (SSSR count). The number of halogens is 1. The molecule has 0 aliphatic heterocycles. The second-order valence-electron chi connectivity index (χ2n) is 5.34. The predicted molar refractivity (Wildman–Crippen MR) is 96.3 cm³/mol. The van der Waals surface area contributed by atoms with Crippen LogP contribution in [0.25, 0.3) is 0 Å². The van der Waals surface area contributed by atoms with Crippen molar-refractivity contribution in [1.29, 1.82) is 0 Å². The lowest BCUT2D eigenvalue weighted by Crippen LogP contribution is -2.28. The maximum Gasteiger partial charge on any atom is 0.255 e. The fourth-order valence-electron chi connectivity index (χ4n) is 2.33. The number of hydrogen-bond acceptors (Lipinski definition) is 3. The summed E-state index contributed by atoms with van der Waals surface area (Å²) in [7, 11) is 1.52. The molecule has 0 spiro atoms. The second kappa shape index (κ2) is 9.18. The molecule has 0 saturated heterocycles. The van der Waals surface area contributed by atoms with Crippen LogP contribution in [-0.4, -0.2) is 26.2 Å². The van der Waals surface area contributed by atoms with Crippen LogP contribution < -0.4 is 14.8 Å². The van der Waals surface area contributed by atoms with E-state index in [-0.39, 0.29) is 5.91 Å². The standard InChI is InChI=1S/C19H22ClNO3/c1-3-4-14-5-8-16(9-6-14)24-12-11-21-19(22)17-13-15(20)7-10-18(17)23-2/h5-10,13H,3-4,11-12H2,1-2H3,(H,21,22). The molecule has 0 heterocycles. The topological polar surface area (TPSA) is 47.6 Å². The zero-order valence-electron chi connectivity index (χ0n) is 14.0. The minimum atomic E-state index is -0.240. The van der Waals surface area contributed by atoms with Gasteiger partial charge >= 0.3 is 0 Å². The van der Waals surface area contributed by atoms with Crippen molar-refractivity contribution < 1.29 is 14.3 Å². The van der Waals surface area contributed by atoms with Crippen molar-refractivity contribution in [3.8, 4) is 11.5 Å². The molecule has 0 aliphatic carbocycles. The van der Waals surface area contributed by atoms with E-state index in [4.69, 9.17) is 21.1 Å². The van der Waals surface area contributed by atoms with E-state index >= 15 is 0 Å². The van der Waals surface area contributed by atoms with Gasteiger partial charge in [0.05, 0.1) is 19.2 Å². The van der Waals surface area contributed by atoms with Crippen LogP contribution in [0.4, 0.5) is 0 Å². The van der Waals surface area contributed by atoms with Gasteiger partial charge < -0.3 is 14.8 Å². The predicted octanol–water partition coefficient (Wildman–Crippen LogP) is 4.11. The van der Waals surface area contributed by atoms with Crippen LogP contribution in [0.3, 0.4) is 0 Å². The van der Waals surface area contributed by atoms with E-state index in [1.807, 2.05) is 12.1 Å². The number of aryl methyl sites for hydroxylation is 1. The maximum atomic E-state index is 12.2. The Kier molecular flexibility index (Phi) is 6.94. The first-order valence-electron chi connectivity index (χ1n) is 7.97. The van der Waals surface area contributed by atoms with E-state index < -0.39 is 0 Å². The third kappa shape index (κ3) is 5.17. The van der Waals surface area contributed by atoms with Gasteiger partial charge in [0, 0.05) is 5.02 Å². The molecule has 0 aliphatic rings. The summed E-state index contributed by atoms with van der Waals surface area (Å²) in [5.74, 6) is 1.05. The minimum Gasteiger partial charge on any atom is -0.496 e. The Bertz CT molecular complexity index is 671. The van der Waals surface area contributed by atoms with Gasteiger partial charge in [-0.15, -0.1) is 0 Å². The van der Waals surface area contributed by atoms with Gasteiger partial charge in [-0.05, 0) is 42.3 Å². The first kappa shape index (κ1) is 18.1. The summed E-state index contributed by atoms with van der Waals surface area (Å²) >= 11 is 5.93. The van der Waals surface area contributed by atoms with E-state index in [0.29, 0.717) is 29.5 Å². The summed E-state index contributed by atoms with van der Waals surface area (Å²) in [5.41, 5.74) is 1.71. The number of methoxy groups -OCH3 is 1. The molecule has 24 heavy (non-hydrogen) atoms. The summed E-state index contributed by atoms with van der Waals surface area (Å²) in [6.07, 6.45) is 2.19. The fraction of sp³-hybridized carbons (Fsp3) is 0.316. The molecule has 5 heteroatoms. The maximum absolute atomic E-state index is 12.2. The van der Waals surface area contributed by atoms with Crippen molar-refractivity contribution in [2.45, 2.75) is 19.8 Å². The van der Waals surface area contributed by atoms with E-state index in [1.54, 1.807) is 18.2 Å². The highest BCUT2D eigenvalue weighted by molar-refractivity contribution is 6.31. The molecule has 0 atom stereocenters. The number of hydrogen-bond donors (Lipinski definition) is 1. The molecule has 0 radical (unpaired) electrons. The molecule has 0 bridgehead atoms. The van der Waals surface area contributed by atoms with Gasteiger partial charge in [0.1, 0.15) is 18.1 Å². The number of ether oxygens (including phenoxy) is 2. The van der Waals surface area contributed by atoms with Crippen LogP contribution in [0.2, 0.25) is 5.02 Å². The van der Waals surface area contributed by atoms with E-state index in [9.17, 15) is 4.79 Å². The molecule has 1 amide bonds. The lowest BCUT2D eigenvalue weighted by Gasteiger charge is -2.11. The summed E-state index contributed by atoms with van der Waals surface area (Å²) in [4.78, 5) is 12.2. The Morgan fingerprint density at radius 3 is 2.58 bits per heavy atom. The number of nitrogens with one attached hydrogen (secondary N) is 1. The molecule has 0 fully saturated rings. The summed E-state index contributed by atoms with van der Waals surface area (Å²) < 4.78 is 10.8. The zero-order chi connectivity index (χ0) is 17.4. The molecule has 128 valence electrons. The number of carbonyl (C=O) groups excluding carboxylic acids is 1. The van der Waals surface area contributed by atoms with Crippen molar-refractivity contribution in [2.75, 3.05) is 20.3 Å². The van der Waals surface area contributed by atoms with Crippen LogP contribution in [0.5, 0.6) is 11.5 Å². The molecule has 0 saturated carbocycles. The molecule has 0 unspecified atom stereocenters. The van der Waals surface area contributed by atoms with Gasteiger partial charge in [0.25, 0.3) is 5.91 Å². The second-order valence-corrected chi connectivity index (χ2v) is 5.78. The van der Waals surface area contributed by atoms with Gasteiger partial charge in [0.2, 0.25) is 0 Å². The van der Waals surface area contributed by atoms with Crippen molar-refractivity contribution in [3.05, 3.63) is 58.6 Å². The number of benzene rings is 2. The van der Waals surface area contributed by atoms with Crippen LogP contribution in [0.15, 0.2) is 42.5 Å². The van der Waals surface area contributed by atoms with Gasteiger partial charge in [-0.25, -0.2) is 0 Å². The molecular formula is C19H22ClNO3. The van der Waals surface area contributed by atoms with Crippen LogP contribution in [0, 0.1) is 0 Å². The van der Waals surface area contributed by atoms with Crippen LogP contribution in [0.1, 0.15) is 29.3 Å². The molecule has 2 aromatic rings. The molecular weight excluding hydrogens is 326 g/mol. The summed E-state index contributed by atoms with van der Waals surface area (Å²) in [6.45, 7) is 2.94. The monoisotopic (exact) mass is 347 g/mol. The summed E-state index contributed by atoms with van der Waals surface area (Å²) in [5, 5.41) is 3.29. The third-order valence-electron chi connectivity index (χ3n) is 3.52. The minimum absolute atomic E-state index is 0.240. The Labute approximate surface area is 147 Å². The molecule has 2 aromatic carbocycles. The highest BCUT2D eigenvalue weighted by Gasteiger charge is 2.12. The van der Waals surface area contributed by atoms with Crippen molar-refractivity contribution in [3.63, 3.8) is 0 Å². The highest BCUT2D eigenvalue weighted by Crippen LogP contribution is 2.22. The van der Waals surface area contributed by atoms with Crippen LogP contribution in [-0.2, 0) is 6.42 Å². The zero-order valence-corrected chi connectivity index (χ0v) is 14.7. The van der Waals surface area contributed by atoms with Crippen LogP contribution >= 0.6 is 11.6 Å². The number of rotatable bonds is 8. The van der Waals surface area contributed by atoms with Gasteiger partial charge in [0.15, 0.2) is 0 Å². The van der Waals surface area contributed by atoms with E-state index in [0.717, 1.165) is 18.6 Å². The Morgan fingerprint density at radius 1 is 1.17 bits per heavy atom. The number of carbonyl (C=O) groups is 1. The lowest BCUT2D eigenvalue weighted by atomic mass is 10.1. The summed E-state index contributed by atoms with van der Waals surface area (Å²) in [6, 6.07) is 13.0. The molecule has 4 nitrogen and oxygen atoms in total. The largest absolute Gasteiger partial charge is 0.496 e. The normalized spacial score (nSPS) is 10.3. The van der Waals surface area contributed by atoms with Gasteiger partial charge in [-0.2, -0.15) is 0 Å². The van der Waals surface area contributed by atoms with E-state index in [1.165, 1.54) is 12.7 Å². The smallest absolute Gasteiger partial charge is 0.255 e. The van der Waals surface area contributed by atoms with Crippen molar-refractivity contribution in [1.82, 2.24) is 5.32 Å². The average Bonchev–Trinajstić information content (AvgIpc) is 2.60. The first-order valence-corrected chi connectivity index (χ1v) is 8.35. The fourth-order valence-corrected chi connectivity index (χ4v) is 2.50.